The topological polar surface area (TPSA) is 76.1 Å². The molecular weight excluding hydrogens is 470 g/mol. The van der Waals surface area contributed by atoms with Crippen LogP contribution in [0.5, 0.6) is 5.75 Å². The minimum Gasteiger partial charge on any atom is -0.497 e. The summed E-state index contributed by atoms with van der Waals surface area (Å²) >= 11 is 1.26. The quantitative estimate of drug-likeness (QED) is 0.339. The van der Waals surface area contributed by atoms with Gasteiger partial charge in [0, 0.05) is 24.0 Å². The number of carbonyl (C=O) groups is 1. The molecule has 2 unspecified atom stereocenters. The van der Waals surface area contributed by atoms with Crippen LogP contribution >= 0.6 is 11.8 Å². The first-order valence-corrected chi connectivity index (χ1v) is 12.5. The van der Waals surface area contributed by atoms with Gasteiger partial charge in [0.1, 0.15) is 5.75 Å². The Hall–Kier alpha value is -3.04. The largest absolute Gasteiger partial charge is 0.497 e. The molecule has 1 fully saturated rings. The van der Waals surface area contributed by atoms with Crippen molar-refractivity contribution in [1.29, 1.82) is 0 Å². The van der Waals surface area contributed by atoms with E-state index in [-0.39, 0.29) is 23.6 Å². The Balaban J connectivity index is 1.35. The maximum atomic E-state index is 13.7. The van der Waals surface area contributed by atoms with Crippen molar-refractivity contribution >= 4 is 17.7 Å². The van der Waals surface area contributed by atoms with Crippen LogP contribution in [0.15, 0.2) is 60.0 Å². The van der Waals surface area contributed by atoms with Crippen LogP contribution in [0.3, 0.4) is 0 Å². The summed E-state index contributed by atoms with van der Waals surface area (Å²) in [5.41, 5.74) is 2.50. The van der Waals surface area contributed by atoms with E-state index in [1.165, 1.54) is 17.8 Å². The van der Waals surface area contributed by atoms with Crippen molar-refractivity contribution in [2.75, 3.05) is 26.0 Å². The Morgan fingerprint density at radius 3 is 2.57 bits per heavy atom. The Labute approximate surface area is 207 Å². The second-order valence-corrected chi connectivity index (χ2v) is 9.45. The van der Waals surface area contributed by atoms with Gasteiger partial charge in [-0.25, -0.2) is 18.7 Å². The molecule has 1 amide bonds. The number of rotatable bonds is 9. The summed E-state index contributed by atoms with van der Waals surface area (Å²) in [6.45, 7) is 1.72. The minimum absolute atomic E-state index is 0.143. The molecule has 1 aromatic heterocycles. The lowest BCUT2D eigenvalue weighted by Crippen LogP contribution is -2.48. The number of aromatic nitrogens is 2. The van der Waals surface area contributed by atoms with Crippen molar-refractivity contribution in [3.05, 3.63) is 72.1 Å². The molecule has 35 heavy (non-hydrogen) atoms. The van der Waals surface area contributed by atoms with Gasteiger partial charge in [0.2, 0.25) is 5.91 Å². The van der Waals surface area contributed by atoms with Crippen LogP contribution in [-0.2, 0) is 11.2 Å². The number of nitrogens with one attached hydrogen (secondary N) is 2. The third kappa shape index (κ3) is 6.99. The molecule has 9 heteroatoms. The molecule has 0 spiro atoms. The minimum atomic E-state index is -0.875. The molecule has 2 N–H and O–H groups in total. The monoisotopic (exact) mass is 498 g/mol. The molecule has 1 aliphatic heterocycles. The number of nitrogens with zero attached hydrogens (tertiary/aromatic N) is 2. The van der Waals surface area contributed by atoms with Gasteiger partial charge in [0.25, 0.3) is 0 Å². The zero-order valence-corrected chi connectivity index (χ0v) is 20.3. The first-order valence-electron chi connectivity index (χ1n) is 11.5. The maximum absolute atomic E-state index is 13.7. The first kappa shape index (κ1) is 25.1. The average molecular weight is 499 g/mol. The van der Waals surface area contributed by atoms with E-state index >= 15 is 0 Å². The third-order valence-electron chi connectivity index (χ3n) is 6.07. The lowest BCUT2D eigenvalue weighted by Gasteiger charge is -2.31. The van der Waals surface area contributed by atoms with E-state index in [2.05, 4.69) is 20.6 Å². The van der Waals surface area contributed by atoms with E-state index in [9.17, 15) is 13.6 Å². The lowest BCUT2D eigenvalue weighted by atomic mass is 9.87. The Morgan fingerprint density at radius 2 is 1.91 bits per heavy atom. The van der Waals surface area contributed by atoms with Crippen molar-refractivity contribution < 1.29 is 18.3 Å². The SMILES string of the molecule is COc1ccc(-c2cnc(SCC(=O)NC(Cc3ccc(F)c(F)c3)C3CCCNC3)nc2)cc1. The standard InChI is InChI=1S/C26H28F2N4O2S/c1-34-21-7-5-18(6-8-21)20-14-30-26(31-15-20)35-16-25(33)32-24(19-3-2-10-29-13-19)12-17-4-9-22(27)23(28)11-17/h4-9,11,14-15,19,24,29H,2-3,10,12-13,16H2,1H3,(H,32,33). The maximum Gasteiger partial charge on any atom is 0.230 e. The molecule has 1 aliphatic rings. The molecule has 2 atom stereocenters. The average Bonchev–Trinajstić information content (AvgIpc) is 2.90. The molecule has 4 rings (SSSR count). The van der Waals surface area contributed by atoms with Crippen molar-refractivity contribution in [2.45, 2.75) is 30.5 Å². The fraction of sp³-hybridized carbons (Fsp3) is 0.346. The number of hydrogen-bond acceptors (Lipinski definition) is 6. The molecule has 184 valence electrons. The first-order chi connectivity index (χ1) is 17.0. The number of benzene rings is 2. The second kappa shape index (κ2) is 12.1. The highest BCUT2D eigenvalue weighted by molar-refractivity contribution is 7.99. The van der Waals surface area contributed by atoms with Crippen LogP contribution in [0, 0.1) is 17.6 Å². The predicted octanol–water partition coefficient (Wildman–Crippen LogP) is 4.25. The van der Waals surface area contributed by atoms with E-state index in [0.717, 1.165) is 48.9 Å². The Kier molecular flexibility index (Phi) is 8.65. The fourth-order valence-corrected chi connectivity index (χ4v) is 4.78. The van der Waals surface area contributed by atoms with Gasteiger partial charge in [0.15, 0.2) is 16.8 Å². The second-order valence-electron chi connectivity index (χ2n) is 8.50. The summed E-state index contributed by atoms with van der Waals surface area (Å²) in [6, 6.07) is 11.3. The van der Waals surface area contributed by atoms with Gasteiger partial charge in [0.05, 0.1) is 12.9 Å². The summed E-state index contributed by atoms with van der Waals surface area (Å²) in [4.78, 5) is 21.5. The van der Waals surface area contributed by atoms with Crippen LogP contribution in [0.1, 0.15) is 18.4 Å². The number of piperidine rings is 1. The number of carbonyl (C=O) groups excluding carboxylic acids is 1. The Bertz CT molecular complexity index is 1120. The predicted molar refractivity (Wildman–Crippen MR) is 132 cm³/mol. The summed E-state index contributed by atoms with van der Waals surface area (Å²) in [5, 5.41) is 6.97. The van der Waals surface area contributed by atoms with Gasteiger partial charge >= 0.3 is 0 Å². The molecule has 0 saturated carbocycles. The van der Waals surface area contributed by atoms with Gasteiger partial charge in [-0.05, 0) is 73.7 Å². The van der Waals surface area contributed by atoms with Gasteiger partial charge < -0.3 is 15.4 Å². The van der Waals surface area contributed by atoms with Crippen molar-refractivity contribution in [1.82, 2.24) is 20.6 Å². The van der Waals surface area contributed by atoms with Crippen LogP contribution in [0.4, 0.5) is 8.78 Å². The summed E-state index contributed by atoms with van der Waals surface area (Å²) in [7, 11) is 1.62. The zero-order chi connectivity index (χ0) is 24.6. The summed E-state index contributed by atoms with van der Waals surface area (Å²) in [5.74, 6) is -0.735. The Morgan fingerprint density at radius 1 is 1.14 bits per heavy atom. The molecular formula is C26H28F2N4O2S. The van der Waals surface area contributed by atoms with Crippen molar-refractivity contribution in [2.24, 2.45) is 5.92 Å². The number of ether oxygens (including phenoxy) is 1. The van der Waals surface area contributed by atoms with E-state index in [0.29, 0.717) is 17.1 Å². The number of thioether (sulfide) groups is 1. The molecule has 6 nitrogen and oxygen atoms in total. The fourth-order valence-electron chi connectivity index (χ4n) is 4.18. The van der Waals surface area contributed by atoms with Gasteiger partial charge in [-0.3, -0.25) is 4.79 Å². The number of amides is 1. The van der Waals surface area contributed by atoms with Crippen LogP contribution in [0.25, 0.3) is 11.1 Å². The zero-order valence-electron chi connectivity index (χ0n) is 19.5. The van der Waals surface area contributed by atoms with Gasteiger partial charge in [-0.2, -0.15) is 0 Å². The van der Waals surface area contributed by atoms with E-state index < -0.39 is 11.6 Å². The van der Waals surface area contributed by atoms with Crippen LogP contribution in [0.2, 0.25) is 0 Å². The van der Waals surface area contributed by atoms with Crippen LogP contribution < -0.4 is 15.4 Å². The molecule has 3 aromatic rings. The van der Waals surface area contributed by atoms with E-state index in [1.807, 2.05) is 24.3 Å². The molecule has 2 heterocycles. The highest BCUT2D eigenvalue weighted by Crippen LogP contribution is 2.23. The number of halogens is 2. The molecule has 0 bridgehead atoms. The van der Waals surface area contributed by atoms with E-state index in [4.69, 9.17) is 4.74 Å². The van der Waals surface area contributed by atoms with Crippen LogP contribution in [-0.4, -0.2) is 47.9 Å². The van der Waals surface area contributed by atoms with Gasteiger partial charge in [-0.1, -0.05) is 30.0 Å². The highest BCUT2D eigenvalue weighted by atomic mass is 32.2. The van der Waals surface area contributed by atoms with Gasteiger partial charge in [-0.15, -0.1) is 0 Å². The summed E-state index contributed by atoms with van der Waals surface area (Å²) in [6.07, 6.45) is 5.87. The summed E-state index contributed by atoms with van der Waals surface area (Å²) < 4.78 is 32.2. The number of hydrogen-bond donors (Lipinski definition) is 2. The molecule has 0 aliphatic carbocycles. The molecule has 0 radical (unpaired) electrons. The lowest BCUT2D eigenvalue weighted by molar-refractivity contribution is -0.119. The van der Waals surface area contributed by atoms with Crippen molar-refractivity contribution in [3.8, 4) is 16.9 Å². The smallest absolute Gasteiger partial charge is 0.230 e. The molecule has 1 saturated heterocycles. The highest BCUT2D eigenvalue weighted by Gasteiger charge is 2.26. The normalized spacial score (nSPS) is 16.5. The number of methoxy groups -OCH3 is 1. The molecule has 2 aromatic carbocycles. The third-order valence-corrected chi connectivity index (χ3v) is 6.95. The van der Waals surface area contributed by atoms with Crippen molar-refractivity contribution in [3.63, 3.8) is 0 Å². The van der Waals surface area contributed by atoms with E-state index in [1.54, 1.807) is 25.6 Å².